The monoisotopic (exact) mass is 339 g/mol. The van der Waals surface area contributed by atoms with Crippen molar-refractivity contribution in [3.63, 3.8) is 0 Å². The number of nitrogens with one attached hydrogen (secondary N) is 2. The van der Waals surface area contributed by atoms with Gasteiger partial charge in [0.15, 0.2) is 0 Å². The molecule has 25 heavy (non-hydrogen) atoms. The molecule has 1 aliphatic rings. The molecule has 1 aromatic carbocycles. The van der Waals surface area contributed by atoms with Gasteiger partial charge in [-0.15, -0.1) is 0 Å². The van der Waals surface area contributed by atoms with E-state index in [0.29, 0.717) is 24.4 Å². The third-order valence-corrected chi connectivity index (χ3v) is 4.85. The smallest absolute Gasteiger partial charge is 0.252 e. The van der Waals surface area contributed by atoms with Crippen LogP contribution in [0, 0.1) is 5.92 Å². The van der Waals surface area contributed by atoms with Gasteiger partial charge in [0.1, 0.15) is 0 Å². The van der Waals surface area contributed by atoms with Crippen LogP contribution in [0.4, 0.5) is 0 Å². The lowest BCUT2D eigenvalue weighted by Gasteiger charge is -2.32. The molecule has 2 heterocycles. The Bertz CT molecular complexity index is 674. The van der Waals surface area contributed by atoms with Gasteiger partial charge in [0.25, 0.3) is 5.91 Å². The van der Waals surface area contributed by atoms with Crippen LogP contribution in [0.1, 0.15) is 35.2 Å². The normalized spacial score (nSPS) is 15.1. The Balaban J connectivity index is 1.36. The number of likely N-dealkylation sites (tertiary alicyclic amines) is 1. The van der Waals surface area contributed by atoms with Crippen molar-refractivity contribution in [3.8, 4) is 0 Å². The van der Waals surface area contributed by atoms with Crippen molar-refractivity contribution < 1.29 is 9.59 Å². The third kappa shape index (κ3) is 4.95. The van der Waals surface area contributed by atoms with Crippen molar-refractivity contribution in [3.05, 3.63) is 59.9 Å². The van der Waals surface area contributed by atoms with E-state index in [4.69, 9.17) is 0 Å². The van der Waals surface area contributed by atoms with Gasteiger partial charge in [0.05, 0.1) is 5.56 Å². The van der Waals surface area contributed by atoms with E-state index in [1.807, 2.05) is 23.1 Å². The molecule has 2 N–H and O–H groups in total. The van der Waals surface area contributed by atoms with Gasteiger partial charge in [0, 0.05) is 38.4 Å². The van der Waals surface area contributed by atoms with Gasteiger partial charge < -0.3 is 15.2 Å². The maximum Gasteiger partial charge on any atom is 0.252 e. The van der Waals surface area contributed by atoms with Crippen LogP contribution in [0.2, 0.25) is 0 Å². The molecular weight excluding hydrogens is 314 g/mol. The number of piperidine rings is 1. The van der Waals surface area contributed by atoms with Gasteiger partial charge in [0.2, 0.25) is 5.91 Å². The summed E-state index contributed by atoms with van der Waals surface area (Å²) in [6.45, 7) is 2.26. The summed E-state index contributed by atoms with van der Waals surface area (Å²) in [5.41, 5.74) is 1.87. The first-order chi connectivity index (χ1) is 12.2. The van der Waals surface area contributed by atoms with Crippen LogP contribution in [0.15, 0.2) is 48.8 Å². The predicted octanol–water partition coefficient (Wildman–Crippen LogP) is 2.62. The van der Waals surface area contributed by atoms with E-state index in [9.17, 15) is 9.59 Å². The number of benzene rings is 1. The van der Waals surface area contributed by atoms with Crippen LogP contribution < -0.4 is 5.32 Å². The molecule has 1 saturated heterocycles. The number of hydrogen-bond acceptors (Lipinski definition) is 2. The van der Waals surface area contributed by atoms with E-state index in [1.54, 1.807) is 18.5 Å². The Kier molecular flexibility index (Phi) is 5.88. The van der Waals surface area contributed by atoms with Crippen molar-refractivity contribution in [1.29, 1.82) is 0 Å². The minimum Gasteiger partial charge on any atom is -0.367 e. The second-order valence-electron chi connectivity index (χ2n) is 6.62. The lowest BCUT2D eigenvalue weighted by molar-refractivity contribution is -0.132. The number of carbonyl (C=O) groups is 2. The zero-order chi connectivity index (χ0) is 17.5. The minimum atomic E-state index is -0.0392. The molecule has 0 aliphatic carbocycles. The standard InChI is InChI=1S/C20H25N3O2/c24-19(7-6-16-4-2-1-3-5-16)23-12-9-17(10-13-23)14-22-20(25)18-8-11-21-15-18/h1-5,8,11,15,17,21H,6-7,9-10,12-14H2,(H,22,25). The first-order valence-corrected chi connectivity index (χ1v) is 8.95. The third-order valence-electron chi connectivity index (χ3n) is 4.85. The van der Waals surface area contributed by atoms with E-state index in [1.165, 1.54) is 5.56 Å². The van der Waals surface area contributed by atoms with Crippen molar-refractivity contribution in [2.75, 3.05) is 19.6 Å². The second kappa shape index (κ2) is 8.51. The molecule has 0 unspecified atom stereocenters. The van der Waals surface area contributed by atoms with Gasteiger partial charge in [-0.2, -0.15) is 0 Å². The molecule has 0 spiro atoms. The lowest BCUT2D eigenvalue weighted by Crippen LogP contribution is -2.41. The quantitative estimate of drug-likeness (QED) is 0.850. The summed E-state index contributed by atoms with van der Waals surface area (Å²) < 4.78 is 0. The number of aromatic amines is 1. The van der Waals surface area contributed by atoms with E-state index >= 15 is 0 Å². The van der Waals surface area contributed by atoms with Crippen molar-refractivity contribution in [2.24, 2.45) is 5.92 Å². The minimum absolute atomic E-state index is 0.0392. The van der Waals surface area contributed by atoms with Gasteiger partial charge >= 0.3 is 0 Å². The average Bonchev–Trinajstić information content (AvgIpc) is 3.20. The predicted molar refractivity (Wildman–Crippen MR) is 97.2 cm³/mol. The van der Waals surface area contributed by atoms with Crippen LogP contribution >= 0.6 is 0 Å². The highest BCUT2D eigenvalue weighted by Crippen LogP contribution is 2.18. The fraction of sp³-hybridized carbons (Fsp3) is 0.400. The first-order valence-electron chi connectivity index (χ1n) is 8.95. The van der Waals surface area contributed by atoms with Crippen LogP contribution in [0.25, 0.3) is 0 Å². The average molecular weight is 339 g/mol. The molecule has 1 aromatic heterocycles. The molecule has 0 saturated carbocycles. The van der Waals surface area contributed by atoms with Crippen molar-refractivity contribution in [2.45, 2.75) is 25.7 Å². The number of carbonyl (C=O) groups excluding carboxylic acids is 2. The highest BCUT2D eigenvalue weighted by Gasteiger charge is 2.23. The summed E-state index contributed by atoms with van der Waals surface area (Å²) in [7, 11) is 0. The molecule has 0 bridgehead atoms. The van der Waals surface area contributed by atoms with Crippen molar-refractivity contribution in [1.82, 2.24) is 15.2 Å². The Morgan fingerprint density at radius 2 is 1.88 bits per heavy atom. The maximum atomic E-state index is 12.4. The van der Waals surface area contributed by atoms with Gasteiger partial charge in [-0.05, 0) is 36.8 Å². The molecule has 5 heteroatoms. The largest absolute Gasteiger partial charge is 0.367 e. The number of amides is 2. The highest BCUT2D eigenvalue weighted by molar-refractivity contribution is 5.93. The van der Waals surface area contributed by atoms with Gasteiger partial charge in [-0.3, -0.25) is 9.59 Å². The zero-order valence-corrected chi connectivity index (χ0v) is 14.4. The fourth-order valence-electron chi connectivity index (χ4n) is 3.24. The van der Waals surface area contributed by atoms with Crippen LogP contribution in [0.3, 0.4) is 0 Å². The molecule has 1 aliphatic heterocycles. The molecule has 1 fully saturated rings. The zero-order valence-electron chi connectivity index (χ0n) is 14.4. The van der Waals surface area contributed by atoms with Crippen LogP contribution in [-0.2, 0) is 11.2 Å². The van der Waals surface area contributed by atoms with E-state index < -0.39 is 0 Å². The van der Waals surface area contributed by atoms with E-state index in [0.717, 1.165) is 32.4 Å². The lowest BCUT2D eigenvalue weighted by atomic mass is 9.96. The number of aromatic nitrogens is 1. The number of H-pyrrole nitrogens is 1. The molecule has 0 radical (unpaired) electrons. The molecule has 0 atom stereocenters. The molecule has 132 valence electrons. The van der Waals surface area contributed by atoms with Crippen LogP contribution in [0.5, 0.6) is 0 Å². The molecule has 2 amide bonds. The fourth-order valence-corrected chi connectivity index (χ4v) is 3.24. The van der Waals surface area contributed by atoms with Crippen molar-refractivity contribution >= 4 is 11.8 Å². The Morgan fingerprint density at radius 3 is 2.56 bits per heavy atom. The maximum absolute atomic E-state index is 12.4. The summed E-state index contributed by atoms with van der Waals surface area (Å²) in [5, 5.41) is 2.98. The van der Waals surface area contributed by atoms with E-state index in [-0.39, 0.29) is 11.8 Å². The highest BCUT2D eigenvalue weighted by atomic mass is 16.2. The number of nitrogens with zero attached hydrogens (tertiary/aromatic N) is 1. The molecule has 3 rings (SSSR count). The first kappa shape index (κ1) is 17.3. The SMILES string of the molecule is O=C(NCC1CCN(C(=O)CCc2ccccc2)CC1)c1cc[nH]c1. The second-order valence-corrected chi connectivity index (χ2v) is 6.62. The molecule has 2 aromatic rings. The van der Waals surface area contributed by atoms with E-state index in [2.05, 4.69) is 22.4 Å². The Labute approximate surface area is 148 Å². The van der Waals surface area contributed by atoms with Gasteiger partial charge in [-0.25, -0.2) is 0 Å². The summed E-state index contributed by atoms with van der Waals surface area (Å²) in [6.07, 6.45) is 6.71. The number of hydrogen-bond donors (Lipinski definition) is 2. The summed E-state index contributed by atoms with van der Waals surface area (Å²) >= 11 is 0. The summed E-state index contributed by atoms with van der Waals surface area (Å²) in [5.74, 6) is 0.641. The van der Waals surface area contributed by atoms with Crippen LogP contribution in [-0.4, -0.2) is 41.3 Å². The Hall–Kier alpha value is -2.56. The summed E-state index contributed by atoms with van der Waals surface area (Å²) in [4.78, 5) is 29.1. The number of aryl methyl sites for hydroxylation is 1. The topological polar surface area (TPSA) is 65.2 Å². The van der Waals surface area contributed by atoms with Gasteiger partial charge in [-0.1, -0.05) is 30.3 Å². The molecular formula is C20H25N3O2. The number of rotatable bonds is 6. The Morgan fingerprint density at radius 1 is 1.12 bits per heavy atom. The summed E-state index contributed by atoms with van der Waals surface area (Å²) in [6, 6.07) is 11.9. The molecule has 5 nitrogen and oxygen atoms in total.